The zero-order valence-corrected chi connectivity index (χ0v) is 10.1. The fourth-order valence-electron chi connectivity index (χ4n) is 2.15. The molecule has 1 atom stereocenters. The molecule has 17 heavy (non-hydrogen) atoms. The molecule has 0 radical (unpaired) electrons. The number of aryl methyl sites for hydroxylation is 1. The first-order chi connectivity index (χ1) is 8.20. The summed E-state index contributed by atoms with van der Waals surface area (Å²) < 4.78 is 0. The van der Waals surface area contributed by atoms with Gasteiger partial charge in [-0.15, -0.1) is 0 Å². The van der Waals surface area contributed by atoms with E-state index in [0.29, 0.717) is 0 Å². The lowest BCUT2D eigenvalue weighted by molar-refractivity contribution is -0.133. The van der Waals surface area contributed by atoms with Crippen LogP contribution in [0.1, 0.15) is 17.2 Å². The highest BCUT2D eigenvalue weighted by Gasteiger charge is 2.24. The summed E-state index contributed by atoms with van der Waals surface area (Å²) in [4.78, 5) is 14.1. The molecule has 1 aliphatic rings. The van der Waals surface area contributed by atoms with Crippen LogP contribution in [0.3, 0.4) is 0 Å². The van der Waals surface area contributed by atoms with Gasteiger partial charge in [-0.05, 0) is 18.1 Å². The van der Waals surface area contributed by atoms with Crippen molar-refractivity contribution in [3.05, 3.63) is 35.4 Å². The quantitative estimate of drug-likeness (QED) is 0.778. The van der Waals surface area contributed by atoms with Crippen LogP contribution in [0.4, 0.5) is 0 Å². The van der Waals surface area contributed by atoms with Crippen LogP contribution in [-0.4, -0.2) is 37.0 Å². The molecule has 0 bridgehead atoms. The van der Waals surface area contributed by atoms with Gasteiger partial charge in [-0.25, -0.2) is 0 Å². The van der Waals surface area contributed by atoms with Crippen molar-refractivity contribution in [2.45, 2.75) is 13.0 Å². The predicted molar refractivity (Wildman–Crippen MR) is 67.6 cm³/mol. The smallest absolute Gasteiger partial charge is 0.244 e. The largest absolute Gasteiger partial charge is 0.339 e. The fourth-order valence-corrected chi connectivity index (χ4v) is 2.15. The van der Waals surface area contributed by atoms with Gasteiger partial charge in [-0.1, -0.05) is 24.3 Å². The summed E-state index contributed by atoms with van der Waals surface area (Å²) in [5.41, 5.74) is 8.06. The first-order valence-corrected chi connectivity index (χ1v) is 6.01. The van der Waals surface area contributed by atoms with E-state index in [-0.39, 0.29) is 5.91 Å². The van der Waals surface area contributed by atoms with E-state index in [9.17, 15) is 4.79 Å². The number of carbonyl (C=O) groups is 1. The number of hydrogen-bond acceptors (Lipinski definition) is 3. The van der Waals surface area contributed by atoms with Gasteiger partial charge in [0.1, 0.15) is 6.04 Å². The van der Waals surface area contributed by atoms with Crippen molar-refractivity contribution in [2.75, 3.05) is 26.2 Å². The Kier molecular flexibility index (Phi) is 3.76. The van der Waals surface area contributed by atoms with E-state index in [4.69, 9.17) is 5.73 Å². The molecule has 1 fully saturated rings. The molecule has 4 heteroatoms. The summed E-state index contributed by atoms with van der Waals surface area (Å²) in [6.45, 7) is 5.19. The van der Waals surface area contributed by atoms with Crippen molar-refractivity contribution >= 4 is 5.91 Å². The number of rotatable bonds is 2. The van der Waals surface area contributed by atoms with Crippen LogP contribution in [0.15, 0.2) is 24.3 Å². The van der Waals surface area contributed by atoms with Crippen molar-refractivity contribution < 1.29 is 4.79 Å². The van der Waals surface area contributed by atoms with E-state index in [1.165, 1.54) is 0 Å². The minimum atomic E-state index is -0.533. The average Bonchev–Trinajstić information content (AvgIpc) is 2.39. The normalized spacial score (nSPS) is 17.9. The maximum Gasteiger partial charge on any atom is 0.244 e. The van der Waals surface area contributed by atoms with Crippen LogP contribution in [0.25, 0.3) is 0 Å². The van der Waals surface area contributed by atoms with Gasteiger partial charge in [0, 0.05) is 26.2 Å². The van der Waals surface area contributed by atoms with Gasteiger partial charge < -0.3 is 16.0 Å². The van der Waals surface area contributed by atoms with Crippen LogP contribution in [0.2, 0.25) is 0 Å². The Bertz CT molecular complexity index is 399. The minimum Gasteiger partial charge on any atom is -0.339 e. The SMILES string of the molecule is Cc1ccccc1C(N)C(=O)N1CCNCC1. The molecular weight excluding hydrogens is 214 g/mol. The summed E-state index contributed by atoms with van der Waals surface area (Å²) in [5, 5.41) is 3.22. The molecule has 4 nitrogen and oxygen atoms in total. The maximum atomic E-state index is 12.2. The second kappa shape index (κ2) is 5.29. The lowest BCUT2D eigenvalue weighted by Crippen LogP contribution is -2.49. The first-order valence-electron chi connectivity index (χ1n) is 6.01. The lowest BCUT2D eigenvalue weighted by atomic mass is 10.0. The summed E-state index contributed by atoms with van der Waals surface area (Å²) in [6, 6.07) is 7.27. The fraction of sp³-hybridized carbons (Fsp3) is 0.462. The summed E-state index contributed by atoms with van der Waals surface area (Å²) in [5.74, 6) is 0.0285. The summed E-state index contributed by atoms with van der Waals surface area (Å²) in [7, 11) is 0. The average molecular weight is 233 g/mol. The Morgan fingerprint density at radius 1 is 1.35 bits per heavy atom. The highest BCUT2D eigenvalue weighted by Crippen LogP contribution is 2.17. The van der Waals surface area contributed by atoms with Crippen LogP contribution < -0.4 is 11.1 Å². The third-order valence-electron chi connectivity index (χ3n) is 3.22. The van der Waals surface area contributed by atoms with Crippen molar-refractivity contribution in [1.82, 2.24) is 10.2 Å². The number of amides is 1. The molecule has 1 aromatic rings. The number of nitrogens with zero attached hydrogens (tertiary/aromatic N) is 1. The Balaban J connectivity index is 2.11. The van der Waals surface area contributed by atoms with Crippen molar-refractivity contribution in [2.24, 2.45) is 5.73 Å². The number of benzene rings is 1. The van der Waals surface area contributed by atoms with E-state index in [2.05, 4.69) is 5.32 Å². The number of nitrogens with one attached hydrogen (secondary N) is 1. The maximum absolute atomic E-state index is 12.2. The molecule has 1 aliphatic heterocycles. The molecule has 1 unspecified atom stereocenters. The second-order valence-corrected chi connectivity index (χ2v) is 4.41. The molecule has 1 saturated heterocycles. The summed E-state index contributed by atoms with van der Waals surface area (Å²) >= 11 is 0. The standard InChI is InChI=1S/C13H19N3O/c1-10-4-2-3-5-11(10)12(14)13(17)16-8-6-15-7-9-16/h2-5,12,15H,6-9,14H2,1H3. The third kappa shape index (κ3) is 2.65. The van der Waals surface area contributed by atoms with Gasteiger partial charge in [0.05, 0.1) is 0 Å². The van der Waals surface area contributed by atoms with Crippen LogP contribution >= 0.6 is 0 Å². The third-order valence-corrected chi connectivity index (χ3v) is 3.22. The van der Waals surface area contributed by atoms with Gasteiger partial charge in [0.25, 0.3) is 0 Å². The molecule has 0 aliphatic carbocycles. The van der Waals surface area contributed by atoms with Crippen molar-refractivity contribution in [1.29, 1.82) is 0 Å². The molecule has 0 aromatic heterocycles. The molecule has 92 valence electrons. The molecule has 1 aromatic carbocycles. The Morgan fingerprint density at radius 3 is 2.65 bits per heavy atom. The van der Waals surface area contributed by atoms with Gasteiger partial charge in [0.15, 0.2) is 0 Å². The van der Waals surface area contributed by atoms with Gasteiger partial charge >= 0.3 is 0 Å². The van der Waals surface area contributed by atoms with E-state index in [1.807, 2.05) is 36.1 Å². The first kappa shape index (κ1) is 12.1. The van der Waals surface area contributed by atoms with Crippen molar-refractivity contribution in [3.63, 3.8) is 0 Å². The lowest BCUT2D eigenvalue weighted by Gasteiger charge is -2.30. The number of piperazine rings is 1. The van der Waals surface area contributed by atoms with Crippen molar-refractivity contribution in [3.8, 4) is 0 Å². The van der Waals surface area contributed by atoms with Gasteiger partial charge in [-0.3, -0.25) is 4.79 Å². The van der Waals surface area contributed by atoms with Crippen LogP contribution in [0, 0.1) is 6.92 Å². The zero-order chi connectivity index (χ0) is 12.3. The molecule has 1 heterocycles. The topological polar surface area (TPSA) is 58.4 Å². The summed E-state index contributed by atoms with van der Waals surface area (Å²) in [6.07, 6.45) is 0. The highest BCUT2D eigenvalue weighted by molar-refractivity contribution is 5.83. The molecule has 2 rings (SSSR count). The predicted octanol–water partition coefficient (Wildman–Crippen LogP) is 0.427. The van der Waals surface area contributed by atoms with Crippen LogP contribution in [-0.2, 0) is 4.79 Å². The van der Waals surface area contributed by atoms with E-state index < -0.39 is 6.04 Å². The molecule has 1 amide bonds. The minimum absolute atomic E-state index is 0.0285. The number of nitrogens with two attached hydrogens (primary N) is 1. The van der Waals surface area contributed by atoms with E-state index >= 15 is 0 Å². The van der Waals surface area contributed by atoms with Gasteiger partial charge in [-0.2, -0.15) is 0 Å². The number of carbonyl (C=O) groups excluding carboxylic acids is 1. The monoisotopic (exact) mass is 233 g/mol. The zero-order valence-electron chi connectivity index (χ0n) is 10.1. The van der Waals surface area contributed by atoms with E-state index in [0.717, 1.165) is 37.3 Å². The van der Waals surface area contributed by atoms with E-state index in [1.54, 1.807) is 0 Å². The van der Waals surface area contributed by atoms with Gasteiger partial charge in [0.2, 0.25) is 5.91 Å². The molecule has 3 N–H and O–H groups in total. The highest BCUT2D eigenvalue weighted by atomic mass is 16.2. The molecular formula is C13H19N3O. The Labute approximate surface area is 102 Å². The molecule has 0 saturated carbocycles. The second-order valence-electron chi connectivity index (χ2n) is 4.41. The Morgan fingerprint density at radius 2 is 2.00 bits per heavy atom. The molecule has 0 spiro atoms. The van der Waals surface area contributed by atoms with Crippen LogP contribution in [0.5, 0.6) is 0 Å². The number of hydrogen-bond donors (Lipinski definition) is 2. The Hall–Kier alpha value is -1.39.